The average molecular weight is 298 g/mol. The Bertz CT molecular complexity index is 601. The predicted molar refractivity (Wildman–Crippen MR) is 86.0 cm³/mol. The maximum Gasteiger partial charge on any atom is 0.227 e. The van der Waals surface area contributed by atoms with Gasteiger partial charge in [-0.05, 0) is 39.3 Å². The van der Waals surface area contributed by atoms with E-state index in [4.69, 9.17) is 0 Å². The highest BCUT2D eigenvalue weighted by Gasteiger charge is 2.24. The molecule has 22 heavy (non-hydrogen) atoms. The quantitative estimate of drug-likeness (QED) is 0.936. The first-order valence-electron chi connectivity index (χ1n) is 7.81. The second kappa shape index (κ2) is 6.79. The number of likely N-dealkylation sites (tertiary alicyclic amines) is 1. The molecular weight excluding hydrogens is 276 g/mol. The van der Waals surface area contributed by atoms with Gasteiger partial charge in [0.05, 0.1) is 23.8 Å². The van der Waals surface area contributed by atoms with Gasteiger partial charge in [-0.2, -0.15) is 0 Å². The molecule has 0 bridgehead atoms. The Morgan fingerprint density at radius 2 is 2.09 bits per heavy atom. The largest absolute Gasteiger partial charge is 0.322 e. The third-order valence-electron chi connectivity index (χ3n) is 4.10. The van der Waals surface area contributed by atoms with Crippen molar-refractivity contribution in [2.75, 3.05) is 18.4 Å². The van der Waals surface area contributed by atoms with Crippen molar-refractivity contribution in [3.8, 4) is 0 Å². The summed E-state index contributed by atoms with van der Waals surface area (Å²) >= 11 is 0. The van der Waals surface area contributed by atoms with Crippen molar-refractivity contribution in [3.05, 3.63) is 36.7 Å². The van der Waals surface area contributed by atoms with E-state index in [1.807, 2.05) is 12.3 Å². The molecule has 0 saturated carbocycles. The Labute approximate surface area is 131 Å². The van der Waals surface area contributed by atoms with Crippen LogP contribution in [-0.4, -0.2) is 44.0 Å². The fourth-order valence-corrected chi connectivity index (χ4v) is 2.87. The van der Waals surface area contributed by atoms with Crippen LogP contribution in [-0.2, 0) is 0 Å². The topological polar surface area (TPSA) is 66.8 Å². The number of hydrogen-bond donors (Lipinski definition) is 1. The Morgan fingerprint density at radius 1 is 1.27 bits per heavy atom. The molecule has 0 aliphatic carbocycles. The number of piperidine rings is 1. The van der Waals surface area contributed by atoms with E-state index in [1.165, 1.54) is 25.7 Å². The van der Waals surface area contributed by atoms with Gasteiger partial charge in [0, 0.05) is 24.7 Å². The van der Waals surface area contributed by atoms with Crippen molar-refractivity contribution in [1.29, 1.82) is 0 Å². The Kier molecular flexibility index (Phi) is 4.58. The van der Waals surface area contributed by atoms with Crippen LogP contribution in [0.25, 0.3) is 0 Å². The SMILES string of the molecule is CC(C)N1CCC[C@H](c2ccnc(Nc3cncnc3)n2)C1. The molecule has 1 N–H and O–H groups in total. The van der Waals surface area contributed by atoms with Gasteiger partial charge in [-0.3, -0.25) is 0 Å². The van der Waals surface area contributed by atoms with E-state index in [9.17, 15) is 0 Å². The van der Waals surface area contributed by atoms with Gasteiger partial charge in [-0.25, -0.2) is 19.9 Å². The molecule has 1 aliphatic rings. The minimum atomic E-state index is 0.478. The molecule has 1 aliphatic heterocycles. The predicted octanol–water partition coefficient (Wildman–Crippen LogP) is 2.60. The molecule has 0 radical (unpaired) electrons. The minimum Gasteiger partial charge on any atom is -0.322 e. The van der Waals surface area contributed by atoms with Gasteiger partial charge in [0.25, 0.3) is 0 Å². The summed E-state index contributed by atoms with van der Waals surface area (Å²) in [6.07, 6.45) is 9.16. The molecular formula is C16H22N6. The van der Waals surface area contributed by atoms with E-state index in [2.05, 4.69) is 44.0 Å². The maximum absolute atomic E-state index is 4.68. The van der Waals surface area contributed by atoms with Crippen LogP contribution in [0.4, 0.5) is 11.6 Å². The van der Waals surface area contributed by atoms with Gasteiger partial charge in [0.1, 0.15) is 6.33 Å². The lowest BCUT2D eigenvalue weighted by atomic mass is 9.94. The molecule has 0 spiro atoms. The summed E-state index contributed by atoms with van der Waals surface area (Å²) in [6.45, 7) is 6.77. The summed E-state index contributed by atoms with van der Waals surface area (Å²) < 4.78 is 0. The highest BCUT2D eigenvalue weighted by Crippen LogP contribution is 2.27. The first kappa shape index (κ1) is 14.8. The summed E-state index contributed by atoms with van der Waals surface area (Å²) in [7, 11) is 0. The van der Waals surface area contributed by atoms with Crippen LogP contribution in [0.5, 0.6) is 0 Å². The molecule has 1 atom stereocenters. The number of hydrogen-bond acceptors (Lipinski definition) is 6. The van der Waals surface area contributed by atoms with Crippen LogP contribution in [0.15, 0.2) is 31.0 Å². The highest BCUT2D eigenvalue weighted by molar-refractivity contribution is 5.49. The van der Waals surface area contributed by atoms with Crippen LogP contribution in [0.2, 0.25) is 0 Å². The van der Waals surface area contributed by atoms with Gasteiger partial charge >= 0.3 is 0 Å². The number of aromatic nitrogens is 4. The number of rotatable bonds is 4. The Balaban J connectivity index is 1.73. The second-order valence-corrected chi connectivity index (χ2v) is 5.99. The fraction of sp³-hybridized carbons (Fsp3) is 0.500. The zero-order valence-electron chi connectivity index (χ0n) is 13.1. The second-order valence-electron chi connectivity index (χ2n) is 5.99. The molecule has 1 fully saturated rings. The highest BCUT2D eigenvalue weighted by atomic mass is 15.2. The van der Waals surface area contributed by atoms with Crippen LogP contribution in [0.1, 0.15) is 38.3 Å². The van der Waals surface area contributed by atoms with Crippen molar-refractivity contribution in [3.63, 3.8) is 0 Å². The number of anilines is 2. The molecule has 6 nitrogen and oxygen atoms in total. The van der Waals surface area contributed by atoms with Crippen LogP contribution in [0.3, 0.4) is 0 Å². The van der Waals surface area contributed by atoms with Crippen molar-refractivity contribution in [1.82, 2.24) is 24.8 Å². The normalized spacial score (nSPS) is 19.3. The first-order chi connectivity index (χ1) is 10.7. The molecule has 2 aromatic rings. The lowest BCUT2D eigenvalue weighted by Crippen LogP contribution is -2.39. The molecule has 3 rings (SSSR count). The standard InChI is InChI=1S/C16H22N6/c1-12(2)22-7-3-4-13(10-22)15-5-6-19-16(21-15)20-14-8-17-11-18-9-14/h5-6,8-9,11-13H,3-4,7,10H2,1-2H3,(H,19,20,21)/t13-/m0/s1. The molecule has 6 heteroatoms. The minimum absolute atomic E-state index is 0.478. The molecule has 2 aromatic heterocycles. The van der Waals surface area contributed by atoms with Crippen molar-refractivity contribution >= 4 is 11.6 Å². The van der Waals surface area contributed by atoms with Gasteiger partial charge < -0.3 is 10.2 Å². The third kappa shape index (κ3) is 3.57. The number of nitrogens with zero attached hydrogens (tertiary/aromatic N) is 5. The van der Waals surface area contributed by atoms with Gasteiger partial charge in [0.2, 0.25) is 5.95 Å². The third-order valence-corrected chi connectivity index (χ3v) is 4.10. The summed E-state index contributed by atoms with van der Waals surface area (Å²) in [5.74, 6) is 1.08. The number of nitrogens with one attached hydrogen (secondary N) is 1. The fourth-order valence-electron chi connectivity index (χ4n) is 2.87. The molecule has 3 heterocycles. The van der Waals surface area contributed by atoms with E-state index in [-0.39, 0.29) is 0 Å². The monoisotopic (exact) mass is 298 g/mol. The Hall–Kier alpha value is -2.08. The van der Waals surface area contributed by atoms with E-state index in [0.717, 1.165) is 17.9 Å². The molecule has 0 unspecified atom stereocenters. The van der Waals surface area contributed by atoms with Crippen molar-refractivity contribution in [2.24, 2.45) is 0 Å². The van der Waals surface area contributed by atoms with Gasteiger partial charge in [-0.15, -0.1) is 0 Å². The van der Waals surface area contributed by atoms with Crippen LogP contribution in [0, 0.1) is 0 Å². The molecule has 0 aromatic carbocycles. The van der Waals surface area contributed by atoms with Crippen molar-refractivity contribution < 1.29 is 0 Å². The molecule has 116 valence electrons. The van der Waals surface area contributed by atoms with E-state index in [1.54, 1.807) is 12.4 Å². The summed E-state index contributed by atoms with van der Waals surface area (Å²) in [4.78, 5) is 19.5. The lowest BCUT2D eigenvalue weighted by molar-refractivity contribution is 0.166. The van der Waals surface area contributed by atoms with Crippen molar-refractivity contribution in [2.45, 2.75) is 38.6 Å². The zero-order chi connectivity index (χ0) is 15.4. The molecule has 0 amide bonds. The molecule has 1 saturated heterocycles. The summed E-state index contributed by atoms with van der Waals surface area (Å²) in [5.41, 5.74) is 1.91. The van der Waals surface area contributed by atoms with Crippen LogP contribution < -0.4 is 5.32 Å². The van der Waals surface area contributed by atoms with Crippen LogP contribution >= 0.6 is 0 Å². The van der Waals surface area contributed by atoms with Gasteiger partial charge in [-0.1, -0.05) is 0 Å². The van der Waals surface area contributed by atoms with E-state index < -0.39 is 0 Å². The van der Waals surface area contributed by atoms with Gasteiger partial charge in [0.15, 0.2) is 0 Å². The van der Waals surface area contributed by atoms with E-state index >= 15 is 0 Å². The van der Waals surface area contributed by atoms with E-state index in [0.29, 0.717) is 17.9 Å². The lowest BCUT2D eigenvalue weighted by Gasteiger charge is -2.35. The Morgan fingerprint density at radius 3 is 2.86 bits per heavy atom. The maximum atomic E-state index is 4.68. The smallest absolute Gasteiger partial charge is 0.227 e. The summed E-state index contributed by atoms with van der Waals surface area (Å²) in [5, 5.41) is 3.16. The average Bonchev–Trinajstić information content (AvgIpc) is 2.56. The zero-order valence-corrected chi connectivity index (χ0v) is 13.1. The summed E-state index contributed by atoms with van der Waals surface area (Å²) in [6, 6.07) is 2.62. The first-order valence-corrected chi connectivity index (χ1v) is 7.81.